The van der Waals surface area contributed by atoms with Gasteiger partial charge in [-0.1, -0.05) is 0 Å². The number of hydrogen-bond acceptors (Lipinski definition) is 5. The van der Waals surface area contributed by atoms with Crippen molar-refractivity contribution in [1.82, 2.24) is 24.4 Å². The lowest BCUT2D eigenvalue weighted by Crippen LogP contribution is -2.24. The first kappa shape index (κ1) is 12.6. The molecule has 0 radical (unpaired) electrons. The van der Waals surface area contributed by atoms with E-state index in [2.05, 4.69) is 19.9 Å². The Bertz CT molecular complexity index is 629. The van der Waals surface area contributed by atoms with E-state index in [0.29, 0.717) is 10.7 Å². The Labute approximate surface area is 116 Å². The molecule has 0 unspecified atom stereocenters. The van der Waals surface area contributed by atoms with Crippen LogP contribution in [0.25, 0.3) is 11.2 Å². The van der Waals surface area contributed by atoms with Crippen LogP contribution in [0, 0.1) is 4.77 Å². The van der Waals surface area contributed by atoms with Crippen molar-refractivity contribution in [2.45, 2.75) is 19.4 Å². The van der Waals surface area contributed by atoms with Gasteiger partial charge >= 0.3 is 0 Å². The van der Waals surface area contributed by atoms with Crippen molar-refractivity contribution in [2.75, 3.05) is 26.7 Å². The quantitative estimate of drug-likeness (QED) is 0.861. The Kier molecular flexibility index (Phi) is 3.48. The Morgan fingerprint density at radius 2 is 2.11 bits per heavy atom. The Morgan fingerprint density at radius 3 is 2.84 bits per heavy atom. The lowest BCUT2D eigenvalue weighted by molar-refractivity contribution is 0.323. The standard InChI is InChI=1S/C12H17N5OS/c1-18-11-9-10(13-8-14-11)17(12(19)15-9)7-6-16-4-2-3-5-16/h8H,2-7H2,1H3,(H,15,19). The fraction of sp³-hybridized carbons (Fsp3) is 0.583. The van der Waals surface area contributed by atoms with Gasteiger partial charge in [-0.3, -0.25) is 0 Å². The first-order valence-electron chi connectivity index (χ1n) is 6.49. The summed E-state index contributed by atoms with van der Waals surface area (Å²) in [6.07, 6.45) is 4.11. The second-order valence-electron chi connectivity index (χ2n) is 4.71. The normalized spacial score (nSPS) is 16.3. The van der Waals surface area contributed by atoms with E-state index in [1.165, 1.54) is 32.3 Å². The second kappa shape index (κ2) is 5.26. The molecule has 1 fully saturated rings. The number of aromatic nitrogens is 4. The summed E-state index contributed by atoms with van der Waals surface area (Å²) in [6, 6.07) is 0. The summed E-state index contributed by atoms with van der Waals surface area (Å²) >= 11 is 5.37. The number of likely N-dealkylation sites (tertiary alicyclic amines) is 1. The molecule has 102 valence electrons. The molecule has 7 heteroatoms. The van der Waals surface area contributed by atoms with Crippen LogP contribution in [0.15, 0.2) is 6.33 Å². The Balaban J connectivity index is 1.90. The molecule has 3 heterocycles. The highest BCUT2D eigenvalue weighted by atomic mass is 32.1. The van der Waals surface area contributed by atoms with Gasteiger partial charge in [-0.2, -0.15) is 4.98 Å². The molecule has 1 aliphatic rings. The maximum absolute atomic E-state index is 5.37. The van der Waals surface area contributed by atoms with Gasteiger partial charge < -0.3 is 19.2 Å². The average molecular weight is 279 g/mol. The molecule has 2 aromatic heterocycles. The Hall–Kier alpha value is -1.47. The van der Waals surface area contributed by atoms with E-state index in [4.69, 9.17) is 17.0 Å². The van der Waals surface area contributed by atoms with Crippen LogP contribution < -0.4 is 4.74 Å². The molecular formula is C12H17N5OS. The summed E-state index contributed by atoms with van der Waals surface area (Å²) < 4.78 is 7.92. The summed E-state index contributed by atoms with van der Waals surface area (Å²) in [7, 11) is 1.60. The number of rotatable bonds is 4. The van der Waals surface area contributed by atoms with Crippen molar-refractivity contribution < 1.29 is 4.74 Å². The van der Waals surface area contributed by atoms with E-state index < -0.39 is 0 Å². The summed E-state index contributed by atoms with van der Waals surface area (Å²) in [5.74, 6) is 0.538. The van der Waals surface area contributed by atoms with Gasteiger partial charge in [-0.15, -0.1) is 0 Å². The summed E-state index contributed by atoms with van der Waals surface area (Å²) in [6.45, 7) is 4.23. The average Bonchev–Trinajstić information content (AvgIpc) is 3.03. The van der Waals surface area contributed by atoms with E-state index in [1.807, 2.05) is 4.57 Å². The number of ether oxygens (including phenoxy) is 1. The van der Waals surface area contributed by atoms with E-state index in [-0.39, 0.29) is 0 Å². The van der Waals surface area contributed by atoms with E-state index in [9.17, 15) is 0 Å². The van der Waals surface area contributed by atoms with Gasteiger partial charge in [0.15, 0.2) is 10.4 Å². The van der Waals surface area contributed by atoms with Crippen molar-refractivity contribution in [3.8, 4) is 5.88 Å². The maximum Gasteiger partial charge on any atom is 0.242 e. The topological polar surface area (TPSA) is 59.0 Å². The number of aromatic amines is 1. The van der Waals surface area contributed by atoms with E-state index in [0.717, 1.165) is 24.3 Å². The van der Waals surface area contributed by atoms with Crippen LogP contribution in [0.1, 0.15) is 12.8 Å². The molecule has 6 nitrogen and oxygen atoms in total. The van der Waals surface area contributed by atoms with Gasteiger partial charge in [0.1, 0.15) is 11.8 Å². The number of methoxy groups -OCH3 is 1. The van der Waals surface area contributed by atoms with Crippen LogP contribution in [0.2, 0.25) is 0 Å². The molecule has 1 aliphatic heterocycles. The fourth-order valence-corrected chi connectivity index (χ4v) is 2.84. The van der Waals surface area contributed by atoms with Crippen molar-refractivity contribution >= 4 is 23.4 Å². The highest BCUT2D eigenvalue weighted by molar-refractivity contribution is 7.71. The third kappa shape index (κ3) is 2.35. The molecule has 0 atom stereocenters. The SMILES string of the molecule is COc1ncnc2c1[nH]c(=S)n2CCN1CCCC1. The molecular weight excluding hydrogens is 262 g/mol. The van der Waals surface area contributed by atoms with Crippen LogP contribution in [0.4, 0.5) is 0 Å². The number of H-pyrrole nitrogens is 1. The number of hydrogen-bond donors (Lipinski definition) is 1. The van der Waals surface area contributed by atoms with Crippen molar-refractivity contribution in [2.24, 2.45) is 0 Å². The number of nitrogens with zero attached hydrogens (tertiary/aromatic N) is 4. The molecule has 0 aliphatic carbocycles. The van der Waals surface area contributed by atoms with Crippen molar-refractivity contribution in [3.05, 3.63) is 11.1 Å². The molecule has 1 N–H and O–H groups in total. The highest BCUT2D eigenvalue weighted by Crippen LogP contribution is 2.20. The summed E-state index contributed by atoms with van der Waals surface area (Å²) in [5.41, 5.74) is 1.59. The first-order chi connectivity index (χ1) is 9.29. The van der Waals surface area contributed by atoms with Crippen LogP contribution in [-0.2, 0) is 6.54 Å². The lowest BCUT2D eigenvalue weighted by Gasteiger charge is -2.14. The maximum atomic E-state index is 5.37. The summed E-state index contributed by atoms with van der Waals surface area (Å²) in [5, 5.41) is 0. The largest absolute Gasteiger partial charge is 0.479 e. The zero-order valence-electron chi connectivity index (χ0n) is 10.9. The van der Waals surface area contributed by atoms with Crippen molar-refractivity contribution in [1.29, 1.82) is 0 Å². The minimum absolute atomic E-state index is 0.538. The molecule has 3 rings (SSSR count). The summed E-state index contributed by atoms with van der Waals surface area (Å²) in [4.78, 5) is 14.0. The second-order valence-corrected chi connectivity index (χ2v) is 5.10. The predicted octanol–water partition coefficient (Wildman–Crippen LogP) is 1.59. The van der Waals surface area contributed by atoms with Crippen molar-refractivity contribution in [3.63, 3.8) is 0 Å². The van der Waals surface area contributed by atoms with Crippen LogP contribution >= 0.6 is 12.2 Å². The molecule has 1 saturated heterocycles. The monoisotopic (exact) mass is 279 g/mol. The van der Waals surface area contributed by atoms with E-state index in [1.54, 1.807) is 7.11 Å². The van der Waals surface area contributed by atoms with Gasteiger partial charge in [-0.25, -0.2) is 4.98 Å². The molecule has 0 spiro atoms. The molecule has 0 bridgehead atoms. The number of fused-ring (bicyclic) bond motifs is 1. The smallest absolute Gasteiger partial charge is 0.242 e. The molecule has 2 aromatic rings. The fourth-order valence-electron chi connectivity index (χ4n) is 2.56. The molecule has 0 amide bonds. The number of imidazole rings is 1. The Morgan fingerprint density at radius 1 is 1.32 bits per heavy atom. The number of nitrogens with one attached hydrogen (secondary N) is 1. The zero-order chi connectivity index (χ0) is 13.2. The van der Waals surface area contributed by atoms with Crippen LogP contribution in [0.5, 0.6) is 5.88 Å². The van der Waals surface area contributed by atoms with Gasteiger partial charge in [0.05, 0.1) is 7.11 Å². The first-order valence-corrected chi connectivity index (χ1v) is 6.90. The molecule has 19 heavy (non-hydrogen) atoms. The van der Waals surface area contributed by atoms with Gasteiger partial charge in [0.25, 0.3) is 0 Å². The lowest BCUT2D eigenvalue weighted by atomic mass is 10.4. The van der Waals surface area contributed by atoms with Crippen LogP contribution in [0.3, 0.4) is 0 Å². The highest BCUT2D eigenvalue weighted by Gasteiger charge is 2.14. The minimum atomic E-state index is 0.538. The zero-order valence-corrected chi connectivity index (χ0v) is 11.7. The molecule has 0 saturated carbocycles. The van der Waals surface area contributed by atoms with Gasteiger partial charge in [0.2, 0.25) is 5.88 Å². The third-order valence-electron chi connectivity index (χ3n) is 3.56. The molecule has 0 aromatic carbocycles. The minimum Gasteiger partial charge on any atom is -0.479 e. The third-order valence-corrected chi connectivity index (χ3v) is 3.88. The van der Waals surface area contributed by atoms with Crippen LogP contribution in [-0.4, -0.2) is 51.2 Å². The predicted molar refractivity (Wildman–Crippen MR) is 74.9 cm³/mol. The van der Waals surface area contributed by atoms with Gasteiger partial charge in [0, 0.05) is 13.1 Å². The van der Waals surface area contributed by atoms with E-state index >= 15 is 0 Å². The van der Waals surface area contributed by atoms with Gasteiger partial charge in [-0.05, 0) is 38.1 Å².